The summed E-state index contributed by atoms with van der Waals surface area (Å²) in [5.74, 6) is -0.469. The minimum atomic E-state index is -0.469. The molecule has 0 saturated heterocycles. The summed E-state index contributed by atoms with van der Waals surface area (Å²) in [7, 11) is 0. The first-order valence-electron chi connectivity index (χ1n) is 5.83. The van der Waals surface area contributed by atoms with Gasteiger partial charge in [0.2, 0.25) is 5.91 Å². The molecule has 5 heteroatoms. The third kappa shape index (κ3) is 2.01. The van der Waals surface area contributed by atoms with E-state index < -0.39 is 5.91 Å². The number of primary amides is 1. The molecule has 94 valence electrons. The van der Waals surface area contributed by atoms with E-state index in [0.29, 0.717) is 0 Å². The predicted octanol–water partition coefficient (Wildman–Crippen LogP) is 2.06. The summed E-state index contributed by atoms with van der Waals surface area (Å²) in [6, 6.07) is 7.72. The van der Waals surface area contributed by atoms with Crippen LogP contribution in [0, 0.1) is 0 Å². The number of amides is 1. The number of rotatable bonds is 3. The summed E-state index contributed by atoms with van der Waals surface area (Å²) in [6.45, 7) is 0. The van der Waals surface area contributed by atoms with Crippen LogP contribution in [0.1, 0.15) is 5.56 Å². The molecule has 0 saturated carbocycles. The van der Waals surface area contributed by atoms with Crippen molar-refractivity contribution in [3.63, 3.8) is 0 Å². The van der Waals surface area contributed by atoms with Gasteiger partial charge in [0.1, 0.15) is 5.69 Å². The van der Waals surface area contributed by atoms with Crippen LogP contribution in [-0.4, -0.2) is 21.1 Å². The molecule has 0 radical (unpaired) electrons. The predicted molar refractivity (Wildman–Crippen MR) is 74.1 cm³/mol. The van der Waals surface area contributed by atoms with Crippen LogP contribution in [0.15, 0.2) is 42.7 Å². The second-order valence-electron chi connectivity index (χ2n) is 4.18. The van der Waals surface area contributed by atoms with Crippen molar-refractivity contribution < 1.29 is 4.79 Å². The number of nitrogens with two attached hydrogens (primary N) is 1. The summed E-state index contributed by atoms with van der Waals surface area (Å²) in [4.78, 5) is 13.9. The van der Waals surface area contributed by atoms with E-state index >= 15 is 0 Å². The Kier molecular flexibility index (Phi) is 2.64. The topological polar surface area (TPSA) is 87.6 Å². The van der Waals surface area contributed by atoms with Gasteiger partial charge in [-0.05, 0) is 11.6 Å². The highest BCUT2D eigenvalue weighted by Gasteiger charge is 2.10. The Labute approximate surface area is 109 Å². The molecule has 3 rings (SSSR count). The van der Waals surface area contributed by atoms with Crippen molar-refractivity contribution in [1.29, 1.82) is 0 Å². The Bertz CT molecular complexity index is 766. The van der Waals surface area contributed by atoms with Crippen LogP contribution in [0.25, 0.3) is 28.2 Å². The van der Waals surface area contributed by atoms with Gasteiger partial charge in [0, 0.05) is 29.4 Å². The Morgan fingerprint density at radius 3 is 2.95 bits per heavy atom. The normalized spacial score (nSPS) is 11.4. The highest BCUT2D eigenvalue weighted by molar-refractivity contribution is 5.96. The number of carbonyl (C=O) groups excluding carboxylic acids is 1. The fraction of sp³-hybridized carbons (Fsp3) is 0. The average Bonchev–Trinajstić information content (AvgIpc) is 2.99. The molecule has 19 heavy (non-hydrogen) atoms. The number of benzene rings is 1. The Balaban J connectivity index is 2.15. The van der Waals surface area contributed by atoms with Gasteiger partial charge in [-0.2, -0.15) is 5.10 Å². The Morgan fingerprint density at radius 2 is 2.11 bits per heavy atom. The van der Waals surface area contributed by atoms with Gasteiger partial charge < -0.3 is 10.7 Å². The highest BCUT2D eigenvalue weighted by atomic mass is 16.1. The van der Waals surface area contributed by atoms with Crippen LogP contribution in [0.3, 0.4) is 0 Å². The summed E-state index contributed by atoms with van der Waals surface area (Å²) in [6.07, 6.45) is 6.79. The standard InChI is InChI=1S/C14H12N4O/c15-13(19)6-5-9-3-1-2-4-10(9)14-11-7-16-8-12(11)17-18-14/h1-8,16-17H,(H2,15,19)/b6-5+. The maximum Gasteiger partial charge on any atom is 0.241 e. The molecule has 0 unspecified atom stereocenters. The first-order valence-corrected chi connectivity index (χ1v) is 5.83. The average molecular weight is 252 g/mol. The van der Waals surface area contributed by atoms with Crippen molar-refractivity contribution in [2.24, 2.45) is 5.73 Å². The third-order valence-electron chi connectivity index (χ3n) is 2.93. The molecule has 5 nitrogen and oxygen atoms in total. The van der Waals surface area contributed by atoms with Crippen LogP contribution in [0.5, 0.6) is 0 Å². The lowest BCUT2D eigenvalue weighted by atomic mass is 10.0. The molecule has 4 N–H and O–H groups in total. The smallest absolute Gasteiger partial charge is 0.241 e. The quantitative estimate of drug-likeness (QED) is 0.623. The van der Waals surface area contributed by atoms with E-state index in [0.717, 1.165) is 27.7 Å². The third-order valence-corrected chi connectivity index (χ3v) is 2.93. The Morgan fingerprint density at radius 1 is 1.26 bits per heavy atom. The van der Waals surface area contributed by atoms with Crippen molar-refractivity contribution in [3.8, 4) is 11.3 Å². The molecule has 1 aromatic carbocycles. The molecule has 3 aromatic rings. The van der Waals surface area contributed by atoms with Crippen LogP contribution in [0.2, 0.25) is 0 Å². The SMILES string of the molecule is NC(=O)/C=C/c1ccccc1-c1n[nH]c2c[nH]cc12. The number of aromatic amines is 2. The van der Waals surface area contributed by atoms with Crippen molar-refractivity contribution in [3.05, 3.63) is 48.3 Å². The lowest BCUT2D eigenvalue weighted by Gasteiger charge is -2.02. The molecule has 0 bridgehead atoms. The molecule has 2 heterocycles. The zero-order chi connectivity index (χ0) is 13.2. The molecule has 0 atom stereocenters. The highest BCUT2D eigenvalue weighted by Crippen LogP contribution is 2.29. The second-order valence-corrected chi connectivity index (χ2v) is 4.18. The molecule has 0 aliphatic carbocycles. The molecule has 0 spiro atoms. The zero-order valence-electron chi connectivity index (χ0n) is 10.1. The number of hydrogen-bond donors (Lipinski definition) is 3. The summed E-state index contributed by atoms with van der Waals surface area (Å²) >= 11 is 0. The maximum absolute atomic E-state index is 10.9. The Hall–Kier alpha value is -2.82. The van der Waals surface area contributed by atoms with Gasteiger partial charge >= 0.3 is 0 Å². The van der Waals surface area contributed by atoms with Crippen molar-refractivity contribution in [2.75, 3.05) is 0 Å². The minimum absolute atomic E-state index is 0.469. The first kappa shape index (κ1) is 11.3. The second kappa shape index (κ2) is 4.45. The number of aromatic nitrogens is 3. The number of H-pyrrole nitrogens is 2. The lowest BCUT2D eigenvalue weighted by Crippen LogP contribution is -2.05. The molecule has 1 amide bonds. The van der Waals surface area contributed by atoms with E-state index in [1.165, 1.54) is 6.08 Å². The molecular formula is C14H12N4O. The zero-order valence-corrected chi connectivity index (χ0v) is 10.1. The number of hydrogen-bond acceptors (Lipinski definition) is 2. The van der Waals surface area contributed by atoms with Gasteiger partial charge in [0.05, 0.1) is 5.52 Å². The van der Waals surface area contributed by atoms with Gasteiger partial charge in [-0.3, -0.25) is 9.89 Å². The van der Waals surface area contributed by atoms with E-state index in [4.69, 9.17) is 5.73 Å². The fourth-order valence-electron chi connectivity index (χ4n) is 2.06. The van der Waals surface area contributed by atoms with Gasteiger partial charge in [0.15, 0.2) is 0 Å². The van der Waals surface area contributed by atoms with E-state index in [-0.39, 0.29) is 0 Å². The maximum atomic E-state index is 10.9. The molecule has 0 aliphatic rings. The summed E-state index contributed by atoms with van der Waals surface area (Å²) < 4.78 is 0. The number of nitrogens with one attached hydrogen (secondary N) is 2. The summed E-state index contributed by atoms with van der Waals surface area (Å²) in [5, 5.41) is 8.29. The van der Waals surface area contributed by atoms with E-state index in [1.54, 1.807) is 6.08 Å². The van der Waals surface area contributed by atoms with Gasteiger partial charge in [0.25, 0.3) is 0 Å². The first-order chi connectivity index (χ1) is 9.25. The minimum Gasteiger partial charge on any atom is -0.366 e. The molecule has 0 aliphatic heterocycles. The van der Waals surface area contributed by atoms with Crippen LogP contribution in [-0.2, 0) is 4.79 Å². The van der Waals surface area contributed by atoms with Gasteiger partial charge in [-0.25, -0.2) is 0 Å². The van der Waals surface area contributed by atoms with Gasteiger partial charge in [-0.15, -0.1) is 0 Å². The van der Waals surface area contributed by atoms with Gasteiger partial charge in [-0.1, -0.05) is 24.3 Å². The van der Waals surface area contributed by atoms with Crippen LogP contribution < -0.4 is 5.73 Å². The van der Waals surface area contributed by atoms with Crippen molar-refractivity contribution >= 4 is 22.9 Å². The van der Waals surface area contributed by atoms with Crippen LogP contribution in [0.4, 0.5) is 0 Å². The molecular weight excluding hydrogens is 240 g/mol. The van der Waals surface area contributed by atoms with Crippen molar-refractivity contribution in [1.82, 2.24) is 15.2 Å². The number of nitrogens with zero attached hydrogens (tertiary/aromatic N) is 1. The number of fused-ring (bicyclic) bond motifs is 1. The summed E-state index contributed by atoms with van der Waals surface area (Å²) in [5.41, 5.74) is 8.78. The van der Waals surface area contributed by atoms with Crippen molar-refractivity contribution in [2.45, 2.75) is 0 Å². The molecule has 2 aromatic heterocycles. The van der Waals surface area contributed by atoms with Crippen LogP contribution >= 0.6 is 0 Å². The molecule has 0 fully saturated rings. The van der Waals surface area contributed by atoms with E-state index in [2.05, 4.69) is 15.2 Å². The van der Waals surface area contributed by atoms with E-state index in [1.807, 2.05) is 36.7 Å². The number of carbonyl (C=O) groups is 1. The lowest BCUT2D eigenvalue weighted by molar-refractivity contribution is -0.113. The monoisotopic (exact) mass is 252 g/mol. The fourth-order valence-corrected chi connectivity index (χ4v) is 2.06. The van der Waals surface area contributed by atoms with E-state index in [9.17, 15) is 4.79 Å². The largest absolute Gasteiger partial charge is 0.366 e.